The first kappa shape index (κ1) is 15.2. The van der Waals surface area contributed by atoms with E-state index in [1.54, 1.807) is 0 Å². The number of carboxylic acid groups (broad SMARTS) is 1. The lowest BCUT2D eigenvalue weighted by Crippen LogP contribution is -2.44. The molecule has 0 aromatic heterocycles. The second-order valence-electron chi connectivity index (χ2n) is 5.45. The molecule has 0 amide bonds. The molecule has 0 aromatic carbocycles. The van der Waals surface area contributed by atoms with Gasteiger partial charge in [0.2, 0.25) is 0 Å². The van der Waals surface area contributed by atoms with Gasteiger partial charge in [0, 0.05) is 12.6 Å². The van der Waals surface area contributed by atoms with Gasteiger partial charge in [-0.2, -0.15) is 0 Å². The summed E-state index contributed by atoms with van der Waals surface area (Å²) in [6.07, 6.45) is 4.16. The third-order valence-electron chi connectivity index (χ3n) is 3.26. The molecule has 1 rings (SSSR count). The summed E-state index contributed by atoms with van der Waals surface area (Å²) in [4.78, 5) is 13.7. The van der Waals surface area contributed by atoms with Gasteiger partial charge in [-0.3, -0.25) is 4.79 Å². The Labute approximate surface area is 115 Å². The maximum Gasteiger partial charge on any atom is 0.305 e. The smallest absolute Gasteiger partial charge is 0.305 e. The van der Waals surface area contributed by atoms with Crippen LogP contribution in [0.25, 0.3) is 0 Å². The zero-order valence-corrected chi connectivity index (χ0v) is 12.1. The minimum absolute atomic E-state index is 0.0488. The average Bonchev–Trinajstić information content (AvgIpc) is 2.27. The number of hydrogen-bond donors (Lipinski definition) is 1. The molecule has 102 valence electrons. The predicted octanol–water partition coefficient (Wildman–Crippen LogP) is 3.25. The van der Waals surface area contributed by atoms with Gasteiger partial charge >= 0.3 is 5.97 Å². The van der Waals surface area contributed by atoms with E-state index in [0.717, 1.165) is 42.8 Å². The molecule has 1 atom stereocenters. The van der Waals surface area contributed by atoms with E-state index >= 15 is 0 Å². The number of aliphatic carboxylic acids is 1. The highest BCUT2D eigenvalue weighted by molar-refractivity contribution is 7.80. The van der Waals surface area contributed by atoms with Gasteiger partial charge < -0.3 is 10.0 Å². The molecular weight excluding hydrogens is 246 g/mol. The molecular formula is C14H23NO2S. The normalized spacial score (nSPS) is 19.9. The van der Waals surface area contributed by atoms with E-state index in [2.05, 4.69) is 25.3 Å². The van der Waals surface area contributed by atoms with Crippen LogP contribution >= 0.6 is 12.2 Å². The molecule has 0 saturated carbocycles. The van der Waals surface area contributed by atoms with Crippen LogP contribution in [0.15, 0.2) is 12.2 Å². The quantitative estimate of drug-likeness (QED) is 0.614. The van der Waals surface area contributed by atoms with Crippen LogP contribution in [0, 0.1) is 5.92 Å². The molecule has 0 aliphatic carbocycles. The Morgan fingerprint density at radius 3 is 2.72 bits per heavy atom. The van der Waals surface area contributed by atoms with Crippen molar-refractivity contribution in [2.24, 2.45) is 5.92 Å². The lowest BCUT2D eigenvalue weighted by atomic mass is 9.97. The van der Waals surface area contributed by atoms with Gasteiger partial charge in [-0.05, 0) is 37.2 Å². The van der Waals surface area contributed by atoms with E-state index < -0.39 is 5.97 Å². The Hall–Kier alpha value is -0.900. The number of rotatable bonds is 5. The van der Waals surface area contributed by atoms with Crippen LogP contribution in [-0.4, -0.2) is 33.6 Å². The van der Waals surface area contributed by atoms with Gasteiger partial charge in [0.05, 0.1) is 6.42 Å². The third kappa shape index (κ3) is 4.41. The summed E-state index contributed by atoms with van der Waals surface area (Å²) in [6, 6.07) is 0.0488. The second kappa shape index (κ2) is 6.88. The Kier molecular flexibility index (Phi) is 5.79. The standard InChI is InChI=1S/C14H23NO2S/c1-10(2)8-11(3)14(18)15-7-5-4-6-12(15)9-13(16)17/h10,12H,3-9H2,1-2H3,(H,16,17). The highest BCUT2D eigenvalue weighted by Crippen LogP contribution is 2.24. The Bertz CT molecular complexity index is 339. The number of piperidine rings is 1. The zero-order valence-electron chi connectivity index (χ0n) is 11.3. The van der Waals surface area contributed by atoms with Crippen molar-refractivity contribution >= 4 is 23.2 Å². The molecule has 1 fully saturated rings. The molecule has 0 radical (unpaired) electrons. The first-order valence-electron chi connectivity index (χ1n) is 6.62. The van der Waals surface area contributed by atoms with Crippen LogP contribution < -0.4 is 0 Å². The molecule has 18 heavy (non-hydrogen) atoms. The van der Waals surface area contributed by atoms with Crippen molar-refractivity contribution in [2.45, 2.75) is 52.0 Å². The zero-order chi connectivity index (χ0) is 13.7. The molecule has 0 aromatic rings. The Morgan fingerprint density at radius 2 is 2.17 bits per heavy atom. The molecule has 1 aliphatic rings. The largest absolute Gasteiger partial charge is 0.481 e. The molecule has 1 unspecified atom stereocenters. The van der Waals surface area contributed by atoms with E-state index in [1.165, 1.54) is 0 Å². The summed E-state index contributed by atoms with van der Waals surface area (Å²) in [7, 11) is 0. The van der Waals surface area contributed by atoms with E-state index in [9.17, 15) is 4.79 Å². The van der Waals surface area contributed by atoms with Gasteiger partial charge in [-0.25, -0.2) is 0 Å². The van der Waals surface area contributed by atoms with Crippen LogP contribution in [0.2, 0.25) is 0 Å². The maximum absolute atomic E-state index is 10.9. The fourth-order valence-electron chi connectivity index (χ4n) is 2.46. The molecule has 4 heteroatoms. The maximum atomic E-state index is 10.9. The minimum Gasteiger partial charge on any atom is -0.481 e. The number of likely N-dealkylation sites (tertiary alicyclic amines) is 1. The van der Waals surface area contributed by atoms with Crippen LogP contribution in [0.3, 0.4) is 0 Å². The SMILES string of the molecule is C=C(CC(C)C)C(=S)N1CCCCC1CC(=O)O. The predicted molar refractivity (Wildman–Crippen MR) is 77.8 cm³/mol. The van der Waals surface area contributed by atoms with E-state index in [-0.39, 0.29) is 12.5 Å². The number of nitrogens with zero attached hydrogens (tertiary/aromatic N) is 1. The van der Waals surface area contributed by atoms with Gasteiger partial charge in [0.1, 0.15) is 4.99 Å². The fraction of sp³-hybridized carbons (Fsp3) is 0.714. The molecule has 3 nitrogen and oxygen atoms in total. The summed E-state index contributed by atoms with van der Waals surface area (Å²) in [5.41, 5.74) is 0.970. The molecule has 0 bridgehead atoms. The highest BCUT2D eigenvalue weighted by Gasteiger charge is 2.27. The summed E-state index contributed by atoms with van der Waals surface area (Å²) >= 11 is 5.48. The van der Waals surface area contributed by atoms with Crippen LogP contribution in [0.5, 0.6) is 0 Å². The van der Waals surface area contributed by atoms with Gasteiger partial charge in [0.15, 0.2) is 0 Å². The number of thiocarbonyl (C=S) groups is 1. The Morgan fingerprint density at radius 1 is 1.50 bits per heavy atom. The van der Waals surface area contributed by atoms with Gasteiger partial charge in [0.25, 0.3) is 0 Å². The fourth-order valence-corrected chi connectivity index (χ4v) is 2.79. The summed E-state index contributed by atoms with van der Waals surface area (Å²) in [6.45, 7) is 9.20. The topological polar surface area (TPSA) is 40.5 Å². The first-order valence-corrected chi connectivity index (χ1v) is 7.03. The van der Waals surface area contributed by atoms with Crippen molar-refractivity contribution in [1.29, 1.82) is 0 Å². The van der Waals surface area contributed by atoms with Crippen LogP contribution in [0.4, 0.5) is 0 Å². The Balaban J connectivity index is 2.67. The number of carboxylic acids is 1. The van der Waals surface area contributed by atoms with Crippen molar-refractivity contribution in [3.63, 3.8) is 0 Å². The van der Waals surface area contributed by atoms with Gasteiger partial charge in [-0.15, -0.1) is 0 Å². The summed E-state index contributed by atoms with van der Waals surface area (Å²) in [5, 5.41) is 8.96. The van der Waals surface area contributed by atoms with Crippen LogP contribution in [-0.2, 0) is 4.79 Å². The van der Waals surface area contributed by atoms with Crippen molar-refractivity contribution < 1.29 is 9.90 Å². The summed E-state index contributed by atoms with van der Waals surface area (Å²) in [5.74, 6) is -0.220. The first-order chi connectivity index (χ1) is 8.41. The third-order valence-corrected chi connectivity index (χ3v) is 3.78. The van der Waals surface area contributed by atoms with Gasteiger partial charge in [-0.1, -0.05) is 32.6 Å². The summed E-state index contributed by atoms with van der Waals surface area (Å²) < 4.78 is 0. The molecule has 1 heterocycles. The lowest BCUT2D eigenvalue weighted by Gasteiger charge is -2.37. The number of carbonyl (C=O) groups is 1. The van der Waals surface area contributed by atoms with E-state index in [0.29, 0.717) is 5.92 Å². The molecule has 1 saturated heterocycles. The molecule has 1 aliphatic heterocycles. The number of hydrogen-bond acceptors (Lipinski definition) is 2. The molecule has 0 spiro atoms. The van der Waals surface area contributed by atoms with Crippen LogP contribution in [0.1, 0.15) is 46.0 Å². The van der Waals surface area contributed by atoms with Crippen molar-refractivity contribution in [2.75, 3.05) is 6.54 Å². The van der Waals surface area contributed by atoms with E-state index in [1.807, 2.05) is 0 Å². The van der Waals surface area contributed by atoms with E-state index in [4.69, 9.17) is 17.3 Å². The molecule has 1 N–H and O–H groups in total. The monoisotopic (exact) mass is 269 g/mol. The minimum atomic E-state index is -0.746. The highest BCUT2D eigenvalue weighted by atomic mass is 32.1. The van der Waals surface area contributed by atoms with Crippen molar-refractivity contribution in [3.05, 3.63) is 12.2 Å². The second-order valence-corrected chi connectivity index (χ2v) is 5.83. The lowest BCUT2D eigenvalue weighted by molar-refractivity contribution is -0.138. The average molecular weight is 269 g/mol. The van der Waals surface area contributed by atoms with Crippen molar-refractivity contribution in [3.8, 4) is 0 Å². The van der Waals surface area contributed by atoms with Crippen molar-refractivity contribution in [1.82, 2.24) is 4.90 Å².